The molecule has 66 valence electrons. The number of aliphatic hydroxyl groups is 1. The van der Waals surface area contributed by atoms with Crippen molar-refractivity contribution in [3.8, 4) is 0 Å². The van der Waals surface area contributed by atoms with Crippen LogP contribution in [0.2, 0.25) is 0 Å². The molecule has 0 aliphatic carbocycles. The molecule has 0 aliphatic rings. The zero-order valence-corrected chi connectivity index (χ0v) is 7.48. The molecular weight excluding hydrogens is 142 g/mol. The fraction of sp³-hybridized carbons (Fsp3) is 0.875. The lowest BCUT2D eigenvalue weighted by Crippen LogP contribution is -2.46. The summed E-state index contributed by atoms with van der Waals surface area (Å²) in [5, 5.41) is 11.5. The van der Waals surface area contributed by atoms with Crippen LogP contribution in [-0.4, -0.2) is 23.2 Å². The molecule has 3 nitrogen and oxygen atoms in total. The summed E-state index contributed by atoms with van der Waals surface area (Å²) in [6, 6.07) is 0. The van der Waals surface area contributed by atoms with Crippen molar-refractivity contribution in [1.82, 2.24) is 5.32 Å². The van der Waals surface area contributed by atoms with E-state index in [-0.39, 0.29) is 12.5 Å². The summed E-state index contributed by atoms with van der Waals surface area (Å²) in [4.78, 5) is 11.0. The second kappa shape index (κ2) is 4.34. The van der Waals surface area contributed by atoms with Crippen molar-refractivity contribution in [2.45, 2.75) is 39.2 Å². The molecule has 0 bridgehead atoms. The largest absolute Gasteiger partial charge is 0.394 e. The van der Waals surface area contributed by atoms with E-state index in [2.05, 4.69) is 5.32 Å². The zero-order chi connectivity index (χ0) is 8.91. The van der Waals surface area contributed by atoms with E-state index in [0.29, 0.717) is 6.42 Å². The van der Waals surface area contributed by atoms with Gasteiger partial charge in [0.1, 0.15) is 0 Å². The molecule has 0 spiro atoms. The molecule has 3 heteroatoms. The van der Waals surface area contributed by atoms with E-state index in [1.165, 1.54) is 0 Å². The van der Waals surface area contributed by atoms with Gasteiger partial charge in [-0.05, 0) is 20.3 Å². The summed E-state index contributed by atoms with van der Waals surface area (Å²) < 4.78 is 0. The lowest BCUT2D eigenvalue weighted by molar-refractivity contribution is -0.123. The number of amides is 1. The Kier molecular flexibility index (Phi) is 4.11. The average Bonchev–Trinajstić information content (AvgIpc) is 1.87. The number of hydrogen-bond donors (Lipinski definition) is 2. The quantitative estimate of drug-likeness (QED) is 0.633. The van der Waals surface area contributed by atoms with Crippen LogP contribution in [0.5, 0.6) is 0 Å². The highest BCUT2D eigenvalue weighted by molar-refractivity contribution is 5.76. The van der Waals surface area contributed by atoms with Gasteiger partial charge >= 0.3 is 0 Å². The molecule has 0 atom stereocenters. The molecule has 0 aromatic carbocycles. The summed E-state index contributed by atoms with van der Waals surface area (Å²) >= 11 is 0. The molecule has 0 heterocycles. The summed E-state index contributed by atoms with van der Waals surface area (Å²) in [6.45, 7) is 5.51. The van der Waals surface area contributed by atoms with Crippen molar-refractivity contribution >= 4 is 5.91 Å². The maximum Gasteiger partial charge on any atom is 0.220 e. The van der Waals surface area contributed by atoms with Gasteiger partial charge in [-0.25, -0.2) is 0 Å². The minimum atomic E-state index is -0.480. The third-order valence-electron chi connectivity index (χ3n) is 1.35. The van der Waals surface area contributed by atoms with Gasteiger partial charge in [0.05, 0.1) is 12.1 Å². The van der Waals surface area contributed by atoms with Crippen LogP contribution < -0.4 is 5.32 Å². The van der Waals surface area contributed by atoms with E-state index in [9.17, 15) is 4.79 Å². The van der Waals surface area contributed by atoms with Crippen molar-refractivity contribution in [2.75, 3.05) is 6.61 Å². The van der Waals surface area contributed by atoms with Crippen LogP contribution in [0.25, 0.3) is 0 Å². The molecule has 0 unspecified atom stereocenters. The van der Waals surface area contributed by atoms with Crippen LogP contribution in [-0.2, 0) is 4.79 Å². The monoisotopic (exact) mass is 159 g/mol. The van der Waals surface area contributed by atoms with Gasteiger partial charge in [-0.15, -0.1) is 0 Å². The molecule has 0 radical (unpaired) electrons. The summed E-state index contributed by atoms with van der Waals surface area (Å²) in [6.07, 6.45) is 1.37. The molecule has 2 N–H and O–H groups in total. The van der Waals surface area contributed by atoms with Crippen molar-refractivity contribution in [3.05, 3.63) is 0 Å². The zero-order valence-electron chi connectivity index (χ0n) is 7.48. The number of aliphatic hydroxyl groups excluding tert-OH is 1. The van der Waals surface area contributed by atoms with Crippen molar-refractivity contribution in [2.24, 2.45) is 0 Å². The number of hydrogen-bond acceptors (Lipinski definition) is 2. The van der Waals surface area contributed by atoms with Crippen LogP contribution in [0.3, 0.4) is 0 Å². The number of carbonyl (C=O) groups excluding carboxylic acids is 1. The highest BCUT2D eigenvalue weighted by Crippen LogP contribution is 2.00. The minimum Gasteiger partial charge on any atom is -0.394 e. The van der Waals surface area contributed by atoms with E-state index in [0.717, 1.165) is 6.42 Å². The lowest BCUT2D eigenvalue weighted by atomic mass is 10.1. The van der Waals surface area contributed by atoms with Crippen LogP contribution in [0.15, 0.2) is 0 Å². The van der Waals surface area contributed by atoms with Crippen LogP contribution in [0.4, 0.5) is 0 Å². The first-order valence-electron chi connectivity index (χ1n) is 3.93. The molecule has 0 aromatic heterocycles. The predicted octanol–water partition coefficient (Wildman–Crippen LogP) is 0.674. The van der Waals surface area contributed by atoms with Crippen molar-refractivity contribution < 1.29 is 9.90 Å². The Morgan fingerprint density at radius 1 is 1.55 bits per heavy atom. The number of rotatable bonds is 4. The maximum atomic E-state index is 11.0. The van der Waals surface area contributed by atoms with Gasteiger partial charge in [0, 0.05) is 6.42 Å². The fourth-order valence-corrected chi connectivity index (χ4v) is 0.707. The predicted molar refractivity (Wildman–Crippen MR) is 44.2 cm³/mol. The normalized spacial score (nSPS) is 11.3. The van der Waals surface area contributed by atoms with Gasteiger partial charge in [0.2, 0.25) is 5.91 Å². The van der Waals surface area contributed by atoms with E-state index in [1.54, 1.807) is 13.8 Å². The molecule has 1 amide bonds. The van der Waals surface area contributed by atoms with Crippen LogP contribution in [0, 0.1) is 0 Å². The summed E-state index contributed by atoms with van der Waals surface area (Å²) in [5.41, 5.74) is -0.480. The van der Waals surface area contributed by atoms with Crippen molar-refractivity contribution in [3.63, 3.8) is 0 Å². The molecular formula is C8H17NO2. The Bertz CT molecular complexity index is 132. The summed E-state index contributed by atoms with van der Waals surface area (Å²) in [5.74, 6) is 0.00606. The molecule has 0 saturated carbocycles. The Balaban J connectivity index is 3.74. The topological polar surface area (TPSA) is 49.3 Å². The molecule has 0 aliphatic heterocycles. The molecule has 0 aromatic rings. The van der Waals surface area contributed by atoms with E-state index in [1.807, 2.05) is 6.92 Å². The highest BCUT2D eigenvalue weighted by atomic mass is 16.3. The number of nitrogens with one attached hydrogen (secondary N) is 1. The van der Waals surface area contributed by atoms with E-state index in [4.69, 9.17) is 5.11 Å². The Morgan fingerprint density at radius 2 is 2.09 bits per heavy atom. The molecule has 0 rings (SSSR count). The second-order valence-electron chi connectivity index (χ2n) is 3.34. The van der Waals surface area contributed by atoms with Gasteiger partial charge in [-0.3, -0.25) is 4.79 Å². The van der Waals surface area contributed by atoms with Gasteiger partial charge in [-0.1, -0.05) is 6.92 Å². The Hall–Kier alpha value is -0.570. The highest BCUT2D eigenvalue weighted by Gasteiger charge is 2.17. The second-order valence-corrected chi connectivity index (χ2v) is 3.34. The summed E-state index contributed by atoms with van der Waals surface area (Å²) in [7, 11) is 0. The molecule has 0 fully saturated rings. The fourth-order valence-electron chi connectivity index (χ4n) is 0.707. The smallest absolute Gasteiger partial charge is 0.220 e. The van der Waals surface area contributed by atoms with E-state index >= 15 is 0 Å². The third-order valence-corrected chi connectivity index (χ3v) is 1.35. The van der Waals surface area contributed by atoms with Gasteiger partial charge in [0.25, 0.3) is 0 Å². The minimum absolute atomic E-state index is 0.00606. The SMILES string of the molecule is CCCC(=O)NC(C)(C)CO. The van der Waals surface area contributed by atoms with E-state index < -0.39 is 5.54 Å². The Labute approximate surface area is 67.8 Å². The Morgan fingerprint density at radius 3 is 2.45 bits per heavy atom. The van der Waals surface area contributed by atoms with Crippen LogP contribution >= 0.6 is 0 Å². The molecule has 0 saturated heterocycles. The van der Waals surface area contributed by atoms with Gasteiger partial charge in [0.15, 0.2) is 0 Å². The van der Waals surface area contributed by atoms with Crippen molar-refractivity contribution in [1.29, 1.82) is 0 Å². The molecule has 11 heavy (non-hydrogen) atoms. The first-order chi connectivity index (χ1) is 5.02. The standard InChI is InChI=1S/C8H17NO2/c1-4-5-7(11)9-8(2,3)6-10/h10H,4-6H2,1-3H3,(H,9,11). The average molecular weight is 159 g/mol. The maximum absolute atomic E-state index is 11.0. The van der Waals surface area contributed by atoms with Crippen LogP contribution in [0.1, 0.15) is 33.6 Å². The van der Waals surface area contributed by atoms with Gasteiger partial charge < -0.3 is 10.4 Å². The third kappa shape index (κ3) is 4.79. The lowest BCUT2D eigenvalue weighted by Gasteiger charge is -2.23. The van der Waals surface area contributed by atoms with Gasteiger partial charge in [-0.2, -0.15) is 0 Å². The number of carbonyl (C=O) groups is 1. The first-order valence-corrected chi connectivity index (χ1v) is 3.93. The first kappa shape index (κ1) is 10.4.